The van der Waals surface area contributed by atoms with Gasteiger partial charge >= 0.3 is 6.09 Å². The first-order valence-corrected chi connectivity index (χ1v) is 14.8. The molecule has 1 heterocycles. The molecule has 0 saturated carbocycles. The molecule has 0 atom stereocenters. The van der Waals surface area contributed by atoms with E-state index in [0.29, 0.717) is 37.7 Å². The van der Waals surface area contributed by atoms with Crippen LogP contribution in [0.4, 0.5) is 4.79 Å². The summed E-state index contributed by atoms with van der Waals surface area (Å²) in [5.41, 5.74) is 0.414. The minimum absolute atomic E-state index is 0.0698. The van der Waals surface area contributed by atoms with E-state index in [2.05, 4.69) is 38.0 Å². The Morgan fingerprint density at radius 2 is 1.55 bits per heavy atom. The minimum Gasteiger partial charge on any atom is -0.492 e. The zero-order valence-electron chi connectivity index (χ0n) is 26.9. The molecule has 0 radical (unpaired) electrons. The number of allylic oxidation sites excluding steroid dienone is 4. The van der Waals surface area contributed by atoms with Crippen LogP contribution in [0.3, 0.4) is 0 Å². The van der Waals surface area contributed by atoms with E-state index in [1.54, 1.807) is 46.2 Å². The van der Waals surface area contributed by atoms with Crippen LogP contribution in [0.1, 0.15) is 48.0 Å². The monoisotopic (exact) mass is 612 g/mol. The Bertz CT molecular complexity index is 1200. The van der Waals surface area contributed by atoms with Crippen molar-refractivity contribution >= 4 is 23.8 Å². The molecule has 0 aliphatic carbocycles. The molecule has 0 bridgehead atoms. The van der Waals surface area contributed by atoms with Crippen molar-refractivity contribution in [2.75, 3.05) is 52.5 Å². The van der Waals surface area contributed by atoms with Gasteiger partial charge in [0, 0.05) is 38.7 Å². The van der Waals surface area contributed by atoms with Crippen LogP contribution in [0.15, 0.2) is 60.7 Å². The number of nitrogens with one attached hydrogen (secondary N) is 2. The van der Waals surface area contributed by atoms with E-state index in [9.17, 15) is 19.2 Å². The van der Waals surface area contributed by atoms with Gasteiger partial charge in [0.1, 0.15) is 23.7 Å². The summed E-state index contributed by atoms with van der Waals surface area (Å²) in [7, 11) is 0. The van der Waals surface area contributed by atoms with Crippen molar-refractivity contribution in [3.8, 4) is 11.5 Å². The molecule has 1 fully saturated rings. The Kier molecular flexibility index (Phi) is 14.0. The number of benzene rings is 1. The van der Waals surface area contributed by atoms with Crippen LogP contribution >= 0.6 is 0 Å². The summed E-state index contributed by atoms with van der Waals surface area (Å²) in [5, 5.41) is 5.30. The summed E-state index contributed by atoms with van der Waals surface area (Å²) in [6, 6.07) is 6.88. The fraction of sp³-hybridized carbons (Fsp3) is 0.515. The standard InChI is InChI=1S/C33H48N4O7/c1-8-11-25(32(2,3)4)12-9-15-28(38)35-23-29(39)34-16-21-42-26-13-10-14-27(22-26)43-24-30(40)36-17-19-37(20-18-36)31(41)44-33(5,6)7/h8-14,22H,1,15-21,23-24H2,2-7H3,(H,34,39)(H,35,38)/b12-9-,25-11+. The Hall–Kier alpha value is -4.28. The molecular weight excluding hydrogens is 564 g/mol. The lowest BCUT2D eigenvalue weighted by atomic mass is 9.86. The normalized spacial score (nSPS) is 14.2. The maximum Gasteiger partial charge on any atom is 0.410 e. The Labute approximate surface area is 261 Å². The number of amides is 4. The van der Waals surface area contributed by atoms with Gasteiger partial charge in [-0.3, -0.25) is 14.4 Å². The highest BCUT2D eigenvalue weighted by Gasteiger charge is 2.27. The molecule has 0 unspecified atom stereocenters. The maximum atomic E-state index is 12.6. The number of carbonyl (C=O) groups is 4. The molecule has 2 N–H and O–H groups in total. The fourth-order valence-corrected chi connectivity index (χ4v) is 4.00. The first-order chi connectivity index (χ1) is 20.7. The van der Waals surface area contributed by atoms with E-state index in [1.807, 2.05) is 32.9 Å². The number of carbonyl (C=O) groups excluding carboxylic acids is 4. The third-order valence-corrected chi connectivity index (χ3v) is 6.36. The first-order valence-electron chi connectivity index (χ1n) is 14.8. The molecule has 2 rings (SSSR count). The largest absolute Gasteiger partial charge is 0.492 e. The lowest BCUT2D eigenvalue weighted by Gasteiger charge is -2.35. The molecule has 242 valence electrons. The zero-order valence-corrected chi connectivity index (χ0v) is 26.9. The molecular formula is C33H48N4O7. The van der Waals surface area contributed by atoms with Gasteiger partial charge in [0.2, 0.25) is 11.8 Å². The third-order valence-electron chi connectivity index (χ3n) is 6.36. The SMILES string of the molecule is C=C/C=C(\C=C/CC(=O)NCC(=O)NCCOc1cccc(OCC(=O)N2CCN(C(=O)OC(C)(C)C)CC2)c1)C(C)(C)C. The average molecular weight is 613 g/mol. The fourth-order valence-electron chi connectivity index (χ4n) is 4.00. The van der Waals surface area contributed by atoms with Crippen LogP contribution in [-0.2, 0) is 19.1 Å². The summed E-state index contributed by atoms with van der Waals surface area (Å²) < 4.78 is 16.8. The van der Waals surface area contributed by atoms with E-state index in [1.165, 1.54) is 0 Å². The van der Waals surface area contributed by atoms with E-state index < -0.39 is 5.60 Å². The molecule has 44 heavy (non-hydrogen) atoms. The van der Waals surface area contributed by atoms with Gasteiger partial charge in [-0.1, -0.05) is 57.7 Å². The summed E-state index contributed by atoms with van der Waals surface area (Å²) >= 11 is 0. The van der Waals surface area contributed by atoms with Gasteiger partial charge in [0.25, 0.3) is 5.91 Å². The zero-order chi connectivity index (χ0) is 32.8. The van der Waals surface area contributed by atoms with Crippen LogP contribution in [0.25, 0.3) is 0 Å². The third kappa shape index (κ3) is 13.8. The number of piperazine rings is 1. The van der Waals surface area contributed by atoms with Crippen molar-refractivity contribution in [2.24, 2.45) is 5.41 Å². The van der Waals surface area contributed by atoms with E-state index in [4.69, 9.17) is 14.2 Å². The van der Waals surface area contributed by atoms with Gasteiger partial charge in [-0.15, -0.1) is 0 Å². The highest BCUT2D eigenvalue weighted by atomic mass is 16.6. The lowest BCUT2D eigenvalue weighted by molar-refractivity contribution is -0.135. The van der Waals surface area contributed by atoms with Crippen LogP contribution in [0, 0.1) is 5.41 Å². The van der Waals surface area contributed by atoms with Crippen molar-refractivity contribution in [2.45, 2.75) is 53.6 Å². The van der Waals surface area contributed by atoms with Gasteiger partial charge in [0.05, 0.1) is 13.1 Å². The second-order valence-electron chi connectivity index (χ2n) is 12.3. The molecule has 4 amide bonds. The summed E-state index contributed by atoms with van der Waals surface area (Å²) in [6.45, 7) is 17.2. The molecule has 1 saturated heterocycles. The van der Waals surface area contributed by atoms with Gasteiger partial charge in [-0.25, -0.2) is 4.79 Å². The highest BCUT2D eigenvalue weighted by molar-refractivity contribution is 5.85. The molecule has 1 aliphatic rings. The number of rotatable bonds is 13. The number of hydrogen-bond acceptors (Lipinski definition) is 7. The van der Waals surface area contributed by atoms with Crippen LogP contribution in [0.2, 0.25) is 0 Å². The predicted molar refractivity (Wildman–Crippen MR) is 169 cm³/mol. The molecule has 0 aromatic heterocycles. The van der Waals surface area contributed by atoms with Gasteiger partial charge < -0.3 is 34.6 Å². The quantitative estimate of drug-likeness (QED) is 0.256. The first kappa shape index (κ1) is 35.9. The lowest BCUT2D eigenvalue weighted by Crippen LogP contribution is -2.52. The van der Waals surface area contributed by atoms with Gasteiger partial charge in [-0.2, -0.15) is 0 Å². The number of ether oxygens (including phenoxy) is 3. The maximum absolute atomic E-state index is 12.6. The van der Waals surface area contributed by atoms with Crippen LogP contribution in [0.5, 0.6) is 11.5 Å². The summed E-state index contributed by atoms with van der Waals surface area (Å²) in [6.07, 6.45) is 7.08. The van der Waals surface area contributed by atoms with Crippen molar-refractivity contribution in [3.63, 3.8) is 0 Å². The van der Waals surface area contributed by atoms with Crippen molar-refractivity contribution in [1.29, 1.82) is 0 Å². The Morgan fingerprint density at radius 3 is 2.16 bits per heavy atom. The molecule has 1 aromatic rings. The molecule has 0 spiro atoms. The van der Waals surface area contributed by atoms with Gasteiger partial charge in [0.15, 0.2) is 6.61 Å². The highest BCUT2D eigenvalue weighted by Crippen LogP contribution is 2.26. The number of hydrogen-bond donors (Lipinski definition) is 2. The summed E-state index contributed by atoms with van der Waals surface area (Å²) in [4.78, 5) is 52.3. The van der Waals surface area contributed by atoms with Crippen LogP contribution in [-0.4, -0.2) is 91.7 Å². The molecule has 11 heteroatoms. The topological polar surface area (TPSA) is 127 Å². The Balaban J connectivity index is 1.65. The predicted octanol–water partition coefficient (Wildman–Crippen LogP) is 3.86. The van der Waals surface area contributed by atoms with Crippen molar-refractivity contribution in [1.82, 2.24) is 20.4 Å². The van der Waals surface area contributed by atoms with E-state index in [0.717, 1.165) is 5.57 Å². The van der Waals surface area contributed by atoms with Gasteiger partial charge in [-0.05, 0) is 43.9 Å². The average Bonchev–Trinajstić information content (AvgIpc) is 2.95. The van der Waals surface area contributed by atoms with Crippen LogP contribution < -0.4 is 20.1 Å². The van der Waals surface area contributed by atoms with Crippen molar-refractivity contribution < 1.29 is 33.4 Å². The summed E-state index contributed by atoms with van der Waals surface area (Å²) in [5.74, 6) is 0.243. The second-order valence-corrected chi connectivity index (χ2v) is 12.3. The molecule has 1 aliphatic heterocycles. The van der Waals surface area contributed by atoms with Crippen molar-refractivity contribution in [3.05, 3.63) is 60.7 Å². The Morgan fingerprint density at radius 1 is 0.909 bits per heavy atom. The molecule has 11 nitrogen and oxygen atoms in total. The smallest absolute Gasteiger partial charge is 0.410 e. The number of nitrogens with zero attached hydrogens (tertiary/aromatic N) is 2. The minimum atomic E-state index is -0.568. The van der Waals surface area contributed by atoms with E-state index in [-0.39, 0.29) is 62.0 Å². The second kappa shape index (κ2) is 17.1. The molecule has 1 aromatic carbocycles. The van der Waals surface area contributed by atoms with E-state index >= 15 is 0 Å².